The maximum absolute atomic E-state index is 12.1. The summed E-state index contributed by atoms with van der Waals surface area (Å²) < 4.78 is 0. The number of amides is 1. The van der Waals surface area contributed by atoms with Crippen LogP contribution < -0.4 is 10.4 Å². The molecule has 0 aromatic heterocycles. The highest BCUT2D eigenvalue weighted by Gasteiger charge is 2.23. The second-order valence-corrected chi connectivity index (χ2v) is 6.98. The van der Waals surface area contributed by atoms with Gasteiger partial charge in [-0.1, -0.05) is 46.5 Å². The van der Waals surface area contributed by atoms with Crippen LogP contribution in [-0.2, 0) is 9.59 Å². The summed E-state index contributed by atoms with van der Waals surface area (Å²) >= 11 is 0. The molecule has 0 aliphatic heterocycles. The first-order valence-corrected chi connectivity index (χ1v) is 8.40. The molecule has 0 radical (unpaired) electrons. The highest BCUT2D eigenvalue weighted by molar-refractivity contribution is 5.77. The van der Waals surface area contributed by atoms with E-state index in [4.69, 9.17) is 0 Å². The molecule has 0 aromatic carbocycles. The van der Waals surface area contributed by atoms with E-state index in [0.717, 1.165) is 19.3 Å². The molecule has 122 valence electrons. The van der Waals surface area contributed by atoms with Crippen LogP contribution in [0.2, 0.25) is 0 Å². The monoisotopic (exact) mass is 296 g/mol. The van der Waals surface area contributed by atoms with Gasteiger partial charge in [-0.25, -0.2) is 0 Å². The van der Waals surface area contributed by atoms with Crippen LogP contribution in [0.4, 0.5) is 0 Å². The van der Waals surface area contributed by atoms with Crippen LogP contribution in [0.5, 0.6) is 0 Å². The van der Waals surface area contributed by atoms with Gasteiger partial charge in [0.25, 0.3) is 0 Å². The summed E-state index contributed by atoms with van der Waals surface area (Å²) in [6, 6.07) is 0.288. The molecular formula is C17H30NO3-. The minimum absolute atomic E-state index is 0.00908. The Hall–Kier alpha value is -1.06. The number of carbonyl (C=O) groups is 2. The van der Waals surface area contributed by atoms with Crippen LogP contribution in [0.15, 0.2) is 0 Å². The van der Waals surface area contributed by atoms with Gasteiger partial charge in [0.1, 0.15) is 0 Å². The average molecular weight is 296 g/mol. The minimum Gasteiger partial charge on any atom is -0.550 e. The number of nitrogens with one attached hydrogen (secondary N) is 1. The molecule has 1 rings (SSSR count). The fourth-order valence-electron chi connectivity index (χ4n) is 3.12. The second-order valence-electron chi connectivity index (χ2n) is 6.98. The third-order valence-electron chi connectivity index (χ3n) is 4.52. The maximum Gasteiger partial charge on any atom is 0.220 e. The standard InChI is InChI=1S/C17H31NO3/c1-12(2)9-10-15(17(20)21)13(3)11-16(19)18-14-7-5-4-6-8-14/h12-15H,4-11H2,1-3H3,(H,18,19)(H,20,21)/p-1/t13-,15+/m0/s1. The van der Waals surface area contributed by atoms with Crippen LogP contribution >= 0.6 is 0 Å². The van der Waals surface area contributed by atoms with Crippen molar-refractivity contribution in [2.45, 2.75) is 78.2 Å². The molecule has 1 fully saturated rings. The van der Waals surface area contributed by atoms with Crippen LogP contribution in [-0.4, -0.2) is 17.9 Å². The second kappa shape index (κ2) is 9.06. The molecule has 0 spiro atoms. The van der Waals surface area contributed by atoms with Crippen molar-refractivity contribution in [1.82, 2.24) is 5.32 Å². The Balaban J connectivity index is 2.41. The predicted molar refractivity (Wildman–Crippen MR) is 81.4 cm³/mol. The van der Waals surface area contributed by atoms with E-state index < -0.39 is 11.9 Å². The smallest absolute Gasteiger partial charge is 0.220 e. The zero-order chi connectivity index (χ0) is 15.8. The van der Waals surface area contributed by atoms with Gasteiger partial charge in [0, 0.05) is 24.3 Å². The van der Waals surface area contributed by atoms with Gasteiger partial charge in [0.05, 0.1) is 0 Å². The molecule has 1 N–H and O–H groups in total. The molecule has 1 aliphatic rings. The Morgan fingerprint density at radius 2 is 1.71 bits per heavy atom. The molecule has 1 amide bonds. The Labute approximate surface area is 128 Å². The number of carboxylic acid groups (broad SMARTS) is 1. The van der Waals surface area contributed by atoms with Crippen molar-refractivity contribution in [2.75, 3.05) is 0 Å². The highest BCUT2D eigenvalue weighted by atomic mass is 16.4. The molecule has 2 atom stereocenters. The van der Waals surface area contributed by atoms with E-state index in [2.05, 4.69) is 19.2 Å². The van der Waals surface area contributed by atoms with E-state index in [1.807, 2.05) is 6.92 Å². The largest absolute Gasteiger partial charge is 0.550 e. The summed E-state index contributed by atoms with van der Waals surface area (Å²) in [5.74, 6) is -1.25. The van der Waals surface area contributed by atoms with Crippen LogP contribution in [0.1, 0.15) is 72.1 Å². The van der Waals surface area contributed by atoms with E-state index in [1.165, 1.54) is 19.3 Å². The summed E-state index contributed by atoms with van der Waals surface area (Å²) in [5.41, 5.74) is 0. The van der Waals surface area contributed by atoms with Crippen molar-refractivity contribution in [2.24, 2.45) is 17.8 Å². The topological polar surface area (TPSA) is 69.2 Å². The summed E-state index contributed by atoms with van der Waals surface area (Å²) in [4.78, 5) is 23.3. The number of aliphatic carboxylic acids is 1. The van der Waals surface area contributed by atoms with Gasteiger partial charge in [0.15, 0.2) is 0 Å². The van der Waals surface area contributed by atoms with Gasteiger partial charge in [-0.15, -0.1) is 0 Å². The lowest BCUT2D eigenvalue weighted by Gasteiger charge is -2.27. The molecule has 1 saturated carbocycles. The first-order valence-electron chi connectivity index (χ1n) is 8.40. The van der Waals surface area contributed by atoms with Crippen molar-refractivity contribution < 1.29 is 14.7 Å². The Morgan fingerprint density at radius 3 is 2.24 bits per heavy atom. The van der Waals surface area contributed by atoms with Crippen LogP contribution in [0, 0.1) is 17.8 Å². The molecule has 0 unspecified atom stereocenters. The zero-order valence-electron chi connectivity index (χ0n) is 13.7. The van der Waals surface area contributed by atoms with Crippen LogP contribution in [0.3, 0.4) is 0 Å². The summed E-state index contributed by atoms with van der Waals surface area (Å²) in [6.45, 7) is 6.00. The minimum atomic E-state index is -1.02. The van der Waals surface area contributed by atoms with E-state index in [0.29, 0.717) is 12.3 Å². The number of hydrogen-bond acceptors (Lipinski definition) is 3. The van der Waals surface area contributed by atoms with Crippen molar-refractivity contribution in [3.63, 3.8) is 0 Å². The fraction of sp³-hybridized carbons (Fsp3) is 0.882. The number of carbonyl (C=O) groups excluding carboxylic acids is 2. The third-order valence-corrected chi connectivity index (χ3v) is 4.52. The molecule has 4 heteroatoms. The molecular weight excluding hydrogens is 266 g/mol. The normalized spacial score (nSPS) is 19.2. The molecule has 4 nitrogen and oxygen atoms in total. The molecule has 1 aliphatic carbocycles. The lowest BCUT2D eigenvalue weighted by molar-refractivity contribution is -0.313. The average Bonchev–Trinajstić information content (AvgIpc) is 2.38. The molecule has 0 heterocycles. The Morgan fingerprint density at radius 1 is 1.10 bits per heavy atom. The zero-order valence-corrected chi connectivity index (χ0v) is 13.7. The van der Waals surface area contributed by atoms with Crippen LogP contribution in [0.25, 0.3) is 0 Å². The van der Waals surface area contributed by atoms with E-state index in [1.54, 1.807) is 0 Å². The number of rotatable bonds is 8. The van der Waals surface area contributed by atoms with Gasteiger partial charge in [0.2, 0.25) is 5.91 Å². The SMILES string of the molecule is CC(C)CC[C@@H](C(=O)[O-])[C@@H](C)CC(=O)NC1CCCCC1. The summed E-state index contributed by atoms with van der Waals surface area (Å²) in [7, 11) is 0. The lowest BCUT2D eigenvalue weighted by Crippen LogP contribution is -2.40. The summed E-state index contributed by atoms with van der Waals surface area (Å²) in [6.07, 6.45) is 7.45. The van der Waals surface area contributed by atoms with Crippen molar-refractivity contribution >= 4 is 11.9 Å². The van der Waals surface area contributed by atoms with E-state index in [-0.39, 0.29) is 24.3 Å². The predicted octanol–water partition coefficient (Wildman–Crippen LogP) is 2.26. The van der Waals surface area contributed by atoms with Gasteiger partial charge in [-0.3, -0.25) is 4.79 Å². The number of carboxylic acids is 1. The first-order chi connectivity index (χ1) is 9.90. The maximum atomic E-state index is 12.1. The summed E-state index contributed by atoms with van der Waals surface area (Å²) in [5, 5.41) is 14.3. The Bertz CT molecular complexity index is 335. The molecule has 0 bridgehead atoms. The van der Waals surface area contributed by atoms with Gasteiger partial charge in [-0.2, -0.15) is 0 Å². The lowest BCUT2D eigenvalue weighted by atomic mass is 9.85. The van der Waals surface area contributed by atoms with Gasteiger partial charge >= 0.3 is 0 Å². The first kappa shape index (κ1) is 18.0. The van der Waals surface area contributed by atoms with Crippen molar-refractivity contribution in [3.8, 4) is 0 Å². The van der Waals surface area contributed by atoms with E-state index in [9.17, 15) is 14.7 Å². The highest BCUT2D eigenvalue weighted by Crippen LogP contribution is 2.23. The van der Waals surface area contributed by atoms with E-state index >= 15 is 0 Å². The van der Waals surface area contributed by atoms with Crippen molar-refractivity contribution in [1.29, 1.82) is 0 Å². The number of hydrogen-bond donors (Lipinski definition) is 1. The van der Waals surface area contributed by atoms with Crippen molar-refractivity contribution in [3.05, 3.63) is 0 Å². The molecule has 0 saturated heterocycles. The fourth-order valence-corrected chi connectivity index (χ4v) is 3.12. The van der Waals surface area contributed by atoms with Gasteiger partial charge in [-0.05, 0) is 31.1 Å². The molecule has 0 aromatic rings. The van der Waals surface area contributed by atoms with Gasteiger partial charge < -0.3 is 15.2 Å². The molecule has 21 heavy (non-hydrogen) atoms. The Kier molecular flexibility index (Phi) is 7.76. The third kappa shape index (κ3) is 6.96. The quantitative estimate of drug-likeness (QED) is 0.747.